The molecule has 0 radical (unpaired) electrons. The van der Waals surface area contributed by atoms with Crippen LogP contribution in [0.25, 0.3) is 0 Å². The van der Waals surface area contributed by atoms with Crippen LogP contribution in [0, 0.1) is 0 Å². The van der Waals surface area contributed by atoms with Crippen LogP contribution in [0.2, 0.25) is 0 Å². The molecule has 5 nitrogen and oxygen atoms in total. The summed E-state index contributed by atoms with van der Waals surface area (Å²) in [4.78, 5) is 7.96. The van der Waals surface area contributed by atoms with Gasteiger partial charge in [-0.05, 0) is 24.3 Å². The van der Waals surface area contributed by atoms with Gasteiger partial charge in [0.15, 0.2) is 5.82 Å². The first kappa shape index (κ1) is 12.9. The number of nitrogens with one attached hydrogen (secondary N) is 1. The van der Waals surface area contributed by atoms with Crippen molar-refractivity contribution in [3.63, 3.8) is 0 Å². The van der Waals surface area contributed by atoms with Crippen molar-refractivity contribution < 1.29 is 4.74 Å². The molecule has 3 N–H and O–H groups in total. The summed E-state index contributed by atoms with van der Waals surface area (Å²) in [5.41, 5.74) is 7.15. The van der Waals surface area contributed by atoms with Gasteiger partial charge in [-0.2, -0.15) is 0 Å². The molecule has 2 aromatic carbocycles. The van der Waals surface area contributed by atoms with Gasteiger partial charge in [-0.1, -0.05) is 24.3 Å². The minimum absolute atomic E-state index is 0.492. The first-order valence-electron chi connectivity index (χ1n) is 6.47. The van der Waals surface area contributed by atoms with Gasteiger partial charge in [0.05, 0.1) is 11.9 Å². The molecule has 0 fully saturated rings. The van der Waals surface area contributed by atoms with Gasteiger partial charge in [0.25, 0.3) is 0 Å². The molecule has 1 aromatic heterocycles. The minimum Gasteiger partial charge on any atom is -0.457 e. The maximum Gasteiger partial charge on any atom is 0.157 e. The first-order valence-corrected chi connectivity index (χ1v) is 6.47. The number of nitrogen functional groups attached to an aromatic ring is 1. The number of hydrogen-bond acceptors (Lipinski definition) is 5. The highest BCUT2D eigenvalue weighted by molar-refractivity contribution is 5.68. The largest absolute Gasteiger partial charge is 0.457 e. The zero-order valence-corrected chi connectivity index (χ0v) is 11.2. The third kappa shape index (κ3) is 3.27. The van der Waals surface area contributed by atoms with E-state index in [9.17, 15) is 0 Å². The zero-order chi connectivity index (χ0) is 14.5. The molecule has 1 heterocycles. The minimum atomic E-state index is 0.492. The molecular formula is C16H14N4O. The molecular weight excluding hydrogens is 264 g/mol. The Kier molecular flexibility index (Phi) is 3.64. The van der Waals surface area contributed by atoms with Crippen molar-refractivity contribution >= 4 is 17.2 Å². The number of nitrogens with two attached hydrogens (primary N) is 1. The normalized spacial score (nSPS) is 10.1. The van der Waals surface area contributed by atoms with Crippen molar-refractivity contribution in [2.45, 2.75) is 0 Å². The molecule has 104 valence electrons. The number of nitrogens with zero attached hydrogens (tertiary/aromatic N) is 2. The molecule has 0 aliphatic rings. The SMILES string of the molecule is Nc1cncnc1Nc1cccc(Oc2ccccc2)c1. The number of rotatable bonds is 4. The zero-order valence-electron chi connectivity index (χ0n) is 11.2. The van der Waals surface area contributed by atoms with Crippen molar-refractivity contribution in [2.24, 2.45) is 0 Å². The molecule has 0 bridgehead atoms. The Morgan fingerprint density at radius 1 is 0.952 bits per heavy atom. The summed E-state index contributed by atoms with van der Waals surface area (Å²) in [5, 5.41) is 3.14. The van der Waals surface area contributed by atoms with Crippen molar-refractivity contribution in [3.8, 4) is 11.5 Å². The highest BCUT2D eigenvalue weighted by atomic mass is 16.5. The number of para-hydroxylation sites is 1. The predicted octanol–water partition coefficient (Wildman–Crippen LogP) is 3.59. The van der Waals surface area contributed by atoms with Crippen LogP contribution in [0.4, 0.5) is 17.2 Å². The van der Waals surface area contributed by atoms with E-state index in [4.69, 9.17) is 10.5 Å². The van der Waals surface area contributed by atoms with Crippen LogP contribution < -0.4 is 15.8 Å². The van der Waals surface area contributed by atoms with Gasteiger partial charge < -0.3 is 15.8 Å². The topological polar surface area (TPSA) is 73.1 Å². The van der Waals surface area contributed by atoms with E-state index in [1.165, 1.54) is 6.33 Å². The molecule has 0 saturated heterocycles. The lowest BCUT2D eigenvalue weighted by Crippen LogP contribution is -1.99. The molecule has 5 heteroatoms. The van der Waals surface area contributed by atoms with E-state index in [1.54, 1.807) is 6.20 Å². The van der Waals surface area contributed by atoms with Crippen LogP contribution in [0.1, 0.15) is 0 Å². The summed E-state index contributed by atoms with van der Waals surface area (Å²) in [5.74, 6) is 2.09. The molecule has 0 amide bonds. The van der Waals surface area contributed by atoms with Gasteiger partial charge in [-0.3, -0.25) is 0 Å². The lowest BCUT2D eigenvalue weighted by Gasteiger charge is -2.10. The van der Waals surface area contributed by atoms with Gasteiger partial charge in [-0.15, -0.1) is 0 Å². The molecule has 0 aliphatic heterocycles. The number of ether oxygens (including phenoxy) is 1. The smallest absolute Gasteiger partial charge is 0.157 e. The molecule has 3 aromatic rings. The summed E-state index contributed by atoms with van der Waals surface area (Å²) in [6.07, 6.45) is 3.00. The van der Waals surface area contributed by atoms with E-state index >= 15 is 0 Å². The van der Waals surface area contributed by atoms with E-state index in [1.807, 2.05) is 54.6 Å². The Hall–Kier alpha value is -3.08. The lowest BCUT2D eigenvalue weighted by molar-refractivity contribution is 0.483. The summed E-state index contributed by atoms with van der Waals surface area (Å²) in [7, 11) is 0. The maximum atomic E-state index is 5.81. The lowest BCUT2D eigenvalue weighted by atomic mass is 10.3. The number of aromatic nitrogens is 2. The van der Waals surface area contributed by atoms with E-state index in [-0.39, 0.29) is 0 Å². The van der Waals surface area contributed by atoms with Gasteiger partial charge in [0.2, 0.25) is 0 Å². The van der Waals surface area contributed by atoms with Crippen LogP contribution in [0.3, 0.4) is 0 Å². The van der Waals surface area contributed by atoms with Crippen LogP contribution in [-0.2, 0) is 0 Å². The van der Waals surface area contributed by atoms with Crippen LogP contribution >= 0.6 is 0 Å². The van der Waals surface area contributed by atoms with Gasteiger partial charge in [0, 0.05) is 11.8 Å². The van der Waals surface area contributed by atoms with Crippen LogP contribution in [-0.4, -0.2) is 9.97 Å². The Morgan fingerprint density at radius 3 is 2.57 bits per heavy atom. The van der Waals surface area contributed by atoms with Gasteiger partial charge in [0.1, 0.15) is 17.8 Å². The van der Waals surface area contributed by atoms with E-state index in [0.29, 0.717) is 11.5 Å². The van der Waals surface area contributed by atoms with E-state index < -0.39 is 0 Å². The number of anilines is 3. The third-order valence-electron chi connectivity index (χ3n) is 2.82. The van der Waals surface area contributed by atoms with Gasteiger partial charge >= 0.3 is 0 Å². The number of hydrogen-bond donors (Lipinski definition) is 2. The first-order chi connectivity index (χ1) is 10.3. The Morgan fingerprint density at radius 2 is 1.76 bits per heavy atom. The second-order valence-corrected chi connectivity index (χ2v) is 4.39. The van der Waals surface area contributed by atoms with Crippen LogP contribution in [0.5, 0.6) is 11.5 Å². The second kappa shape index (κ2) is 5.92. The van der Waals surface area contributed by atoms with Crippen molar-refractivity contribution in [2.75, 3.05) is 11.1 Å². The quantitative estimate of drug-likeness (QED) is 0.763. The second-order valence-electron chi connectivity index (χ2n) is 4.39. The highest BCUT2D eigenvalue weighted by Crippen LogP contribution is 2.26. The summed E-state index contributed by atoms with van der Waals surface area (Å²) in [6, 6.07) is 17.2. The summed E-state index contributed by atoms with van der Waals surface area (Å²) in [6.45, 7) is 0. The van der Waals surface area contributed by atoms with Crippen molar-refractivity contribution in [1.29, 1.82) is 0 Å². The molecule has 3 rings (SSSR count). The van der Waals surface area contributed by atoms with Crippen molar-refractivity contribution in [3.05, 3.63) is 67.1 Å². The Bertz CT molecular complexity index is 731. The van der Waals surface area contributed by atoms with Crippen molar-refractivity contribution in [1.82, 2.24) is 9.97 Å². The Labute approximate surface area is 122 Å². The molecule has 0 unspecified atom stereocenters. The number of benzene rings is 2. The summed E-state index contributed by atoms with van der Waals surface area (Å²) >= 11 is 0. The fourth-order valence-corrected chi connectivity index (χ4v) is 1.84. The molecule has 0 saturated carbocycles. The molecule has 0 aliphatic carbocycles. The standard InChI is InChI=1S/C16H14N4O/c17-15-10-18-11-19-16(15)20-12-5-4-8-14(9-12)21-13-6-2-1-3-7-13/h1-11H,17H2,(H,18,19,20). The van der Waals surface area contributed by atoms with E-state index in [0.717, 1.165) is 17.2 Å². The molecule has 0 atom stereocenters. The third-order valence-corrected chi connectivity index (χ3v) is 2.82. The van der Waals surface area contributed by atoms with Gasteiger partial charge in [-0.25, -0.2) is 9.97 Å². The Balaban J connectivity index is 1.79. The predicted molar refractivity (Wildman–Crippen MR) is 82.7 cm³/mol. The average Bonchev–Trinajstić information content (AvgIpc) is 2.51. The highest BCUT2D eigenvalue weighted by Gasteiger charge is 2.03. The molecule has 0 spiro atoms. The fraction of sp³-hybridized carbons (Fsp3) is 0. The molecule has 21 heavy (non-hydrogen) atoms. The average molecular weight is 278 g/mol. The summed E-state index contributed by atoms with van der Waals surface area (Å²) < 4.78 is 5.78. The maximum absolute atomic E-state index is 5.81. The monoisotopic (exact) mass is 278 g/mol. The fourth-order valence-electron chi connectivity index (χ4n) is 1.84. The van der Waals surface area contributed by atoms with Crippen LogP contribution in [0.15, 0.2) is 67.1 Å². The van der Waals surface area contributed by atoms with E-state index in [2.05, 4.69) is 15.3 Å².